The largest absolute Gasteiger partial charge is 0.396 e. The molecule has 0 aliphatic heterocycles. The molecule has 170 valence electrons. The van der Waals surface area contributed by atoms with E-state index in [1.807, 2.05) is 57.9 Å². The second kappa shape index (κ2) is 12.7. The molecule has 2 unspecified atom stereocenters. The number of benzene rings is 2. The lowest BCUT2D eigenvalue weighted by atomic mass is 9.99. The quantitative estimate of drug-likeness (QED) is 0.376. The summed E-state index contributed by atoms with van der Waals surface area (Å²) in [5, 5.41) is 27.5. The Bertz CT molecular complexity index is 1110. The molecule has 2 atom stereocenters. The number of nitriles is 1. The second-order valence-corrected chi connectivity index (χ2v) is 8.48. The van der Waals surface area contributed by atoms with Gasteiger partial charge in [-0.05, 0) is 35.4 Å². The SMILES string of the molecule is N#Cc1ccc(C(CO)Cn2ccnc2)cc1.OCC(Cn1ccnc1)c1ccc(Br)cc1. The predicted molar refractivity (Wildman–Crippen MR) is 129 cm³/mol. The van der Waals surface area contributed by atoms with Crippen molar-refractivity contribution in [1.82, 2.24) is 19.1 Å². The van der Waals surface area contributed by atoms with Gasteiger partial charge in [-0.3, -0.25) is 0 Å². The first-order valence-corrected chi connectivity index (χ1v) is 11.3. The van der Waals surface area contributed by atoms with E-state index in [4.69, 9.17) is 5.26 Å². The molecule has 7 nitrogen and oxygen atoms in total. The van der Waals surface area contributed by atoms with Crippen LogP contribution in [0, 0.1) is 11.3 Å². The van der Waals surface area contributed by atoms with Gasteiger partial charge in [0.1, 0.15) is 0 Å². The molecule has 0 aliphatic carbocycles. The molecule has 0 bridgehead atoms. The highest BCUT2D eigenvalue weighted by molar-refractivity contribution is 9.10. The Hall–Kier alpha value is -3.25. The molecule has 0 radical (unpaired) electrons. The molecule has 2 N–H and O–H groups in total. The van der Waals surface area contributed by atoms with E-state index in [2.05, 4.69) is 32.0 Å². The molecule has 2 aromatic carbocycles. The third-order valence-corrected chi connectivity index (χ3v) is 5.80. The van der Waals surface area contributed by atoms with Gasteiger partial charge in [0, 0.05) is 54.2 Å². The van der Waals surface area contributed by atoms with Crippen molar-refractivity contribution >= 4 is 15.9 Å². The Morgan fingerprint density at radius 1 is 0.788 bits per heavy atom. The lowest BCUT2D eigenvalue weighted by Gasteiger charge is -2.15. The minimum atomic E-state index is 0.0249. The van der Waals surface area contributed by atoms with Crippen molar-refractivity contribution in [1.29, 1.82) is 5.26 Å². The maximum absolute atomic E-state index is 9.41. The highest BCUT2D eigenvalue weighted by Gasteiger charge is 2.11. The van der Waals surface area contributed by atoms with Crippen LogP contribution in [0.2, 0.25) is 0 Å². The van der Waals surface area contributed by atoms with Crippen LogP contribution in [0.25, 0.3) is 0 Å². The lowest BCUT2D eigenvalue weighted by Crippen LogP contribution is -2.11. The van der Waals surface area contributed by atoms with Crippen LogP contribution in [0.4, 0.5) is 0 Å². The maximum Gasteiger partial charge on any atom is 0.0991 e. The zero-order valence-corrected chi connectivity index (χ0v) is 19.7. The van der Waals surface area contributed by atoms with Crippen LogP contribution < -0.4 is 0 Å². The molecular formula is C25H26BrN5O2. The van der Waals surface area contributed by atoms with Gasteiger partial charge >= 0.3 is 0 Å². The van der Waals surface area contributed by atoms with Gasteiger partial charge in [0.05, 0.1) is 37.5 Å². The van der Waals surface area contributed by atoms with Gasteiger partial charge in [0.15, 0.2) is 0 Å². The van der Waals surface area contributed by atoms with Gasteiger partial charge in [-0.2, -0.15) is 5.26 Å². The highest BCUT2D eigenvalue weighted by Crippen LogP contribution is 2.20. The number of aliphatic hydroxyl groups excluding tert-OH is 2. The zero-order chi connectivity index (χ0) is 23.5. The normalized spacial score (nSPS) is 12.3. The van der Waals surface area contributed by atoms with Gasteiger partial charge in [0.25, 0.3) is 0 Å². The van der Waals surface area contributed by atoms with Crippen molar-refractivity contribution in [3.05, 3.63) is 107 Å². The summed E-state index contributed by atoms with van der Waals surface area (Å²) in [6, 6.07) is 17.4. The molecule has 0 saturated carbocycles. The van der Waals surface area contributed by atoms with Crippen LogP contribution in [-0.2, 0) is 13.1 Å². The fraction of sp³-hybridized carbons (Fsp3) is 0.240. The number of hydrogen-bond donors (Lipinski definition) is 2. The van der Waals surface area contributed by atoms with Gasteiger partial charge in [-0.15, -0.1) is 0 Å². The lowest BCUT2D eigenvalue weighted by molar-refractivity contribution is 0.253. The molecular weight excluding hydrogens is 482 g/mol. The molecule has 0 amide bonds. The van der Waals surface area contributed by atoms with Crippen molar-refractivity contribution in [3.63, 3.8) is 0 Å². The Morgan fingerprint density at radius 3 is 1.61 bits per heavy atom. The summed E-state index contributed by atoms with van der Waals surface area (Å²) in [4.78, 5) is 7.96. The fourth-order valence-electron chi connectivity index (χ4n) is 3.40. The maximum atomic E-state index is 9.41. The topological polar surface area (TPSA) is 99.9 Å². The fourth-order valence-corrected chi connectivity index (χ4v) is 3.66. The molecule has 0 spiro atoms. The summed E-state index contributed by atoms with van der Waals surface area (Å²) in [6.45, 7) is 1.64. The average molecular weight is 508 g/mol. The van der Waals surface area contributed by atoms with Crippen molar-refractivity contribution in [2.24, 2.45) is 0 Å². The first kappa shape index (κ1) is 24.4. The Kier molecular flexibility index (Phi) is 9.39. The summed E-state index contributed by atoms with van der Waals surface area (Å²) >= 11 is 3.40. The first-order valence-electron chi connectivity index (χ1n) is 10.5. The third kappa shape index (κ3) is 7.39. The monoisotopic (exact) mass is 507 g/mol. The van der Waals surface area contributed by atoms with Crippen molar-refractivity contribution < 1.29 is 10.2 Å². The smallest absolute Gasteiger partial charge is 0.0991 e. The van der Waals surface area contributed by atoms with E-state index in [9.17, 15) is 10.2 Å². The number of halogens is 1. The van der Waals surface area contributed by atoms with E-state index < -0.39 is 0 Å². The van der Waals surface area contributed by atoms with Crippen LogP contribution in [0.1, 0.15) is 28.5 Å². The first-order chi connectivity index (χ1) is 16.1. The number of aromatic nitrogens is 4. The predicted octanol–water partition coefficient (Wildman–Crippen LogP) is 3.95. The van der Waals surface area contributed by atoms with E-state index in [0.717, 1.165) is 22.1 Å². The molecule has 4 aromatic rings. The molecule has 0 fully saturated rings. The summed E-state index contributed by atoms with van der Waals surface area (Å²) in [7, 11) is 0. The van der Waals surface area contributed by atoms with Gasteiger partial charge in [-0.25, -0.2) is 9.97 Å². The van der Waals surface area contributed by atoms with Crippen molar-refractivity contribution in [3.8, 4) is 6.07 Å². The Balaban J connectivity index is 0.000000186. The molecule has 2 heterocycles. The molecule has 4 rings (SSSR count). The van der Waals surface area contributed by atoms with Crippen molar-refractivity contribution in [2.45, 2.75) is 24.9 Å². The number of nitrogens with zero attached hydrogens (tertiary/aromatic N) is 5. The van der Waals surface area contributed by atoms with E-state index in [-0.39, 0.29) is 25.0 Å². The highest BCUT2D eigenvalue weighted by atomic mass is 79.9. The Morgan fingerprint density at radius 2 is 1.24 bits per heavy atom. The van der Waals surface area contributed by atoms with Crippen LogP contribution in [-0.4, -0.2) is 42.5 Å². The van der Waals surface area contributed by atoms with E-state index in [1.54, 1.807) is 37.2 Å². The molecule has 2 aromatic heterocycles. The standard InChI is InChI=1S/C13H13N3O.C12H13BrN2O/c14-7-11-1-3-12(4-2-11)13(9-17)8-16-6-5-15-10-16;13-12-3-1-10(2-4-12)11(8-16)7-15-6-5-14-9-15/h1-6,10,13,17H,8-9H2;1-6,9,11,16H,7-8H2. The summed E-state index contributed by atoms with van der Waals surface area (Å²) in [5.41, 5.74) is 2.80. The van der Waals surface area contributed by atoms with Crippen LogP contribution in [0.3, 0.4) is 0 Å². The molecule has 8 heteroatoms. The number of aliphatic hydroxyl groups is 2. The van der Waals surface area contributed by atoms with Gasteiger partial charge in [-0.1, -0.05) is 40.2 Å². The minimum absolute atomic E-state index is 0.0249. The van der Waals surface area contributed by atoms with E-state index in [0.29, 0.717) is 12.1 Å². The zero-order valence-electron chi connectivity index (χ0n) is 18.1. The van der Waals surface area contributed by atoms with Crippen LogP contribution in [0.5, 0.6) is 0 Å². The third-order valence-electron chi connectivity index (χ3n) is 5.27. The van der Waals surface area contributed by atoms with Gasteiger partial charge < -0.3 is 19.3 Å². The average Bonchev–Trinajstić information content (AvgIpc) is 3.57. The van der Waals surface area contributed by atoms with Crippen LogP contribution in [0.15, 0.2) is 90.4 Å². The molecule has 0 aliphatic rings. The summed E-state index contributed by atoms with van der Waals surface area (Å²) < 4.78 is 4.96. The number of hydrogen-bond acceptors (Lipinski definition) is 5. The Labute approximate surface area is 201 Å². The number of rotatable bonds is 8. The summed E-state index contributed by atoms with van der Waals surface area (Å²) in [6.07, 6.45) is 10.7. The minimum Gasteiger partial charge on any atom is -0.396 e. The summed E-state index contributed by atoms with van der Waals surface area (Å²) in [5.74, 6) is 0.138. The van der Waals surface area contributed by atoms with Crippen LogP contribution >= 0.6 is 15.9 Å². The molecule has 0 saturated heterocycles. The number of imidazole rings is 2. The molecule has 33 heavy (non-hydrogen) atoms. The van der Waals surface area contributed by atoms with E-state index >= 15 is 0 Å². The van der Waals surface area contributed by atoms with E-state index in [1.165, 1.54) is 0 Å². The van der Waals surface area contributed by atoms with Gasteiger partial charge in [0.2, 0.25) is 0 Å². The second-order valence-electron chi connectivity index (χ2n) is 7.56. The van der Waals surface area contributed by atoms with Crippen molar-refractivity contribution in [2.75, 3.05) is 13.2 Å².